The second-order valence-electron chi connectivity index (χ2n) is 4.27. The molecule has 0 heterocycles. The molecular weight excluding hydrogens is 253 g/mol. The van der Waals surface area contributed by atoms with E-state index in [4.69, 9.17) is 0 Å². The van der Waals surface area contributed by atoms with Crippen LogP contribution < -0.4 is 0 Å². The number of ketones is 1. The van der Waals surface area contributed by atoms with Crippen molar-refractivity contribution >= 4 is 5.78 Å². The Morgan fingerprint density at radius 1 is 1.05 bits per heavy atom. The van der Waals surface area contributed by atoms with Crippen LogP contribution >= 0.6 is 0 Å². The van der Waals surface area contributed by atoms with E-state index in [0.29, 0.717) is 17.7 Å². The van der Waals surface area contributed by atoms with Crippen LogP contribution in [0.15, 0.2) is 36.4 Å². The van der Waals surface area contributed by atoms with Crippen LogP contribution in [0.4, 0.5) is 13.2 Å². The summed E-state index contributed by atoms with van der Waals surface area (Å²) in [6.07, 6.45) is -0.119. The average Bonchev–Trinajstić information content (AvgIpc) is 2.30. The predicted molar refractivity (Wildman–Crippen MR) is 65.5 cm³/mol. The molecule has 1 nitrogen and oxygen atoms in total. The van der Waals surface area contributed by atoms with E-state index in [0.717, 1.165) is 5.56 Å². The molecule has 4 heteroatoms. The molecule has 0 unspecified atom stereocenters. The van der Waals surface area contributed by atoms with Crippen molar-refractivity contribution < 1.29 is 18.0 Å². The van der Waals surface area contributed by atoms with Gasteiger partial charge in [-0.3, -0.25) is 4.79 Å². The van der Waals surface area contributed by atoms with Gasteiger partial charge in [0.05, 0.1) is 5.56 Å². The smallest absolute Gasteiger partial charge is 0.173 e. The van der Waals surface area contributed by atoms with Gasteiger partial charge in [0.2, 0.25) is 0 Å². The first kappa shape index (κ1) is 13.3. The fourth-order valence-electron chi connectivity index (χ4n) is 1.88. The number of aryl methyl sites for hydroxylation is 1. The van der Waals surface area contributed by atoms with Crippen LogP contribution in [-0.4, -0.2) is 5.78 Å². The molecule has 98 valence electrons. The number of hydrogen-bond acceptors (Lipinski definition) is 1. The number of Topliss-reactive ketones (excluding diaryl/α,β-unsaturated/α-hetero) is 1. The van der Waals surface area contributed by atoms with Gasteiger partial charge in [-0.15, -0.1) is 0 Å². The Hall–Kier alpha value is -2.10. The van der Waals surface area contributed by atoms with E-state index < -0.39 is 28.8 Å². The summed E-state index contributed by atoms with van der Waals surface area (Å²) in [5, 5.41) is 0. The zero-order chi connectivity index (χ0) is 14.0. The molecular formula is C15H11F3O. The molecule has 0 amide bonds. The molecule has 0 saturated carbocycles. The molecule has 0 fully saturated rings. The van der Waals surface area contributed by atoms with Crippen molar-refractivity contribution in [2.45, 2.75) is 13.3 Å². The maximum Gasteiger partial charge on any atom is 0.173 e. The lowest BCUT2D eigenvalue weighted by Crippen LogP contribution is -2.10. The molecule has 2 rings (SSSR count). The minimum atomic E-state index is -1.17. The van der Waals surface area contributed by atoms with Crippen LogP contribution in [0.5, 0.6) is 0 Å². The van der Waals surface area contributed by atoms with Gasteiger partial charge in [-0.1, -0.05) is 24.3 Å². The topological polar surface area (TPSA) is 17.1 Å². The van der Waals surface area contributed by atoms with Gasteiger partial charge < -0.3 is 0 Å². The van der Waals surface area contributed by atoms with Gasteiger partial charge in [-0.25, -0.2) is 13.2 Å². The fraction of sp³-hybridized carbons (Fsp3) is 0.133. The Morgan fingerprint density at radius 3 is 2.21 bits per heavy atom. The molecule has 0 saturated heterocycles. The van der Waals surface area contributed by atoms with Gasteiger partial charge >= 0.3 is 0 Å². The quantitative estimate of drug-likeness (QED) is 0.770. The van der Waals surface area contributed by atoms with Crippen LogP contribution in [0.3, 0.4) is 0 Å². The van der Waals surface area contributed by atoms with Crippen LogP contribution in [0.1, 0.15) is 21.5 Å². The van der Waals surface area contributed by atoms with Crippen molar-refractivity contribution in [3.63, 3.8) is 0 Å². The lowest BCUT2D eigenvalue weighted by Gasteiger charge is -2.07. The van der Waals surface area contributed by atoms with E-state index in [1.807, 2.05) is 6.07 Å². The summed E-state index contributed by atoms with van der Waals surface area (Å²) in [6, 6.07) is 8.09. The molecule has 0 aromatic heterocycles. The SMILES string of the molecule is Cc1ccccc1CC(=O)c1c(F)cc(F)cc1F. The fourth-order valence-corrected chi connectivity index (χ4v) is 1.88. The molecule has 2 aromatic carbocycles. The Labute approximate surface area is 108 Å². The maximum atomic E-state index is 13.5. The van der Waals surface area contributed by atoms with Crippen LogP contribution in [-0.2, 0) is 6.42 Å². The van der Waals surface area contributed by atoms with E-state index in [2.05, 4.69) is 0 Å². The van der Waals surface area contributed by atoms with Crippen LogP contribution in [0, 0.1) is 24.4 Å². The van der Waals surface area contributed by atoms with Crippen LogP contribution in [0.25, 0.3) is 0 Å². The zero-order valence-corrected chi connectivity index (χ0v) is 10.2. The minimum Gasteiger partial charge on any atom is -0.294 e. The van der Waals surface area contributed by atoms with Gasteiger partial charge in [-0.2, -0.15) is 0 Å². The van der Waals surface area contributed by atoms with Crippen molar-refractivity contribution in [3.05, 3.63) is 70.5 Å². The van der Waals surface area contributed by atoms with E-state index in [9.17, 15) is 18.0 Å². The van der Waals surface area contributed by atoms with Gasteiger partial charge in [-0.05, 0) is 18.1 Å². The summed E-state index contributed by atoms with van der Waals surface area (Å²) in [5.41, 5.74) is 0.860. The molecule has 0 N–H and O–H groups in total. The Balaban J connectivity index is 2.34. The standard InChI is InChI=1S/C15H11F3O/c1-9-4-2-3-5-10(9)6-14(19)15-12(17)7-11(16)8-13(15)18/h2-5,7-8H,6H2,1H3. The lowest BCUT2D eigenvalue weighted by molar-refractivity contribution is 0.0984. The number of halogens is 3. The number of carbonyl (C=O) groups excluding carboxylic acids is 1. The summed E-state index contributed by atoms with van der Waals surface area (Å²) < 4.78 is 39.7. The zero-order valence-electron chi connectivity index (χ0n) is 10.2. The van der Waals surface area contributed by atoms with E-state index in [1.165, 1.54) is 0 Å². The van der Waals surface area contributed by atoms with E-state index in [-0.39, 0.29) is 6.42 Å². The highest BCUT2D eigenvalue weighted by Gasteiger charge is 2.19. The third-order valence-corrected chi connectivity index (χ3v) is 2.90. The highest BCUT2D eigenvalue weighted by atomic mass is 19.1. The average molecular weight is 264 g/mol. The van der Waals surface area contributed by atoms with Gasteiger partial charge in [0.25, 0.3) is 0 Å². The first-order valence-corrected chi connectivity index (χ1v) is 5.71. The summed E-state index contributed by atoms with van der Waals surface area (Å²) in [7, 11) is 0. The third kappa shape index (κ3) is 2.84. The van der Waals surface area contributed by atoms with Crippen molar-refractivity contribution in [2.75, 3.05) is 0 Å². The van der Waals surface area contributed by atoms with Crippen molar-refractivity contribution in [1.82, 2.24) is 0 Å². The molecule has 0 spiro atoms. The monoisotopic (exact) mass is 264 g/mol. The second kappa shape index (κ2) is 5.26. The van der Waals surface area contributed by atoms with Crippen molar-refractivity contribution in [3.8, 4) is 0 Å². The number of carbonyl (C=O) groups is 1. The molecule has 0 aliphatic carbocycles. The highest BCUT2D eigenvalue weighted by molar-refractivity contribution is 5.98. The first-order valence-electron chi connectivity index (χ1n) is 5.71. The summed E-state index contributed by atoms with van der Waals surface area (Å²) in [4.78, 5) is 11.9. The Morgan fingerprint density at radius 2 is 1.63 bits per heavy atom. The molecule has 0 aliphatic rings. The number of benzene rings is 2. The summed E-state index contributed by atoms with van der Waals surface area (Å²) in [5.74, 6) is -4.08. The minimum absolute atomic E-state index is 0.119. The first-order chi connectivity index (χ1) is 8.99. The molecule has 19 heavy (non-hydrogen) atoms. The molecule has 0 radical (unpaired) electrons. The molecule has 0 atom stereocenters. The highest BCUT2D eigenvalue weighted by Crippen LogP contribution is 2.18. The molecule has 2 aromatic rings. The molecule has 0 aliphatic heterocycles. The second-order valence-corrected chi connectivity index (χ2v) is 4.27. The molecule has 0 bridgehead atoms. The van der Waals surface area contributed by atoms with Crippen molar-refractivity contribution in [1.29, 1.82) is 0 Å². The van der Waals surface area contributed by atoms with Gasteiger partial charge in [0.1, 0.15) is 17.5 Å². The van der Waals surface area contributed by atoms with Crippen molar-refractivity contribution in [2.24, 2.45) is 0 Å². The maximum absolute atomic E-state index is 13.5. The Bertz CT molecular complexity index is 612. The van der Waals surface area contributed by atoms with Gasteiger partial charge in [0, 0.05) is 18.6 Å². The van der Waals surface area contributed by atoms with Crippen LogP contribution in [0.2, 0.25) is 0 Å². The van der Waals surface area contributed by atoms with E-state index >= 15 is 0 Å². The largest absolute Gasteiger partial charge is 0.294 e. The summed E-state index contributed by atoms with van der Waals surface area (Å²) >= 11 is 0. The predicted octanol–water partition coefficient (Wildman–Crippen LogP) is 3.84. The van der Waals surface area contributed by atoms with Gasteiger partial charge in [0.15, 0.2) is 5.78 Å². The number of hydrogen-bond donors (Lipinski definition) is 0. The summed E-state index contributed by atoms with van der Waals surface area (Å²) in [6.45, 7) is 1.81. The number of rotatable bonds is 3. The normalized spacial score (nSPS) is 10.5. The van der Waals surface area contributed by atoms with E-state index in [1.54, 1.807) is 25.1 Å². The third-order valence-electron chi connectivity index (χ3n) is 2.90. The Kier molecular flexibility index (Phi) is 3.69. The lowest BCUT2D eigenvalue weighted by atomic mass is 9.99.